The zero-order valence-corrected chi connectivity index (χ0v) is 11.0. The summed E-state index contributed by atoms with van der Waals surface area (Å²) < 4.78 is 37.4. The van der Waals surface area contributed by atoms with Crippen LogP contribution in [0.3, 0.4) is 0 Å². The Morgan fingerprint density at radius 1 is 1.39 bits per heavy atom. The van der Waals surface area contributed by atoms with Crippen LogP contribution >= 0.6 is 0 Å². The van der Waals surface area contributed by atoms with E-state index in [0.29, 0.717) is 18.9 Å². The molecule has 106 valence electrons. The lowest BCUT2D eigenvalue weighted by molar-refractivity contribution is -0.167. The lowest BCUT2D eigenvalue weighted by Crippen LogP contribution is -2.50. The van der Waals surface area contributed by atoms with E-state index in [4.69, 9.17) is 0 Å². The number of carbonyl (C=O) groups is 1. The minimum absolute atomic E-state index is 0.326. The predicted molar refractivity (Wildman–Crippen MR) is 63.0 cm³/mol. The lowest BCUT2D eigenvalue weighted by Gasteiger charge is -2.34. The Kier molecular flexibility index (Phi) is 5.01. The van der Waals surface area contributed by atoms with Crippen LogP contribution in [0.15, 0.2) is 0 Å². The highest BCUT2D eigenvalue weighted by atomic mass is 19.4. The smallest absolute Gasteiger partial charge is 0.331 e. The van der Waals surface area contributed by atoms with E-state index >= 15 is 0 Å². The number of hydrogen-bond donors (Lipinski definition) is 1. The molecule has 0 aliphatic carbocycles. The van der Waals surface area contributed by atoms with Gasteiger partial charge in [-0.1, -0.05) is 6.92 Å². The second-order valence-electron chi connectivity index (χ2n) is 5.37. The van der Waals surface area contributed by atoms with Gasteiger partial charge in [-0.25, -0.2) is 0 Å². The molecule has 0 spiro atoms. The third-order valence-corrected chi connectivity index (χ3v) is 3.18. The quantitative estimate of drug-likeness (QED) is 0.847. The molecule has 1 N–H and O–H groups in total. The number of carbonyl (C=O) groups excluding carboxylic acids is 1. The molecule has 2 unspecified atom stereocenters. The van der Waals surface area contributed by atoms with E-state index in [0.717, 1.165) is 11.4 Å². The Labute approximate surface area is 106 Å². The second kappa shape index (κ2) is 5.91. The molecule has 0 bridgehead atoms. The van der Waals surface area contributed by atoms with Crippen molar-refractivity contribution in [2.24, 2.45) is 11.8 Å². The van der Waals surface area contributed by atoms with Gasteiger partial charge in [0.15, 0.2) is 0 Å². The van der Waals surface area contributed by atoms with Crippen molar-refractivity contribution < 1.29 is 18.0 Å². The highest BCUT2D eigenvalue weighted by molar-refractivity contribution is 5.79. The first kappa shape index (κ1) is 15.3. The van der Waals surface area contributed by atoms with E-state index in [1.165, 1.54) is 0 Å². The molecule has 0 aromatic heterocycles. The molecule has 0 saturated carbocycles. The maximum absolute atomic E-state index is 12.5. The van der Waals surface area contributed by atoms with Gasteiger partial charge in [-0.15, -0.1) is 0 Å². The van der Waals surface area contributed by atoms with Crippen LogP contribution in [0.25, 0.3) is 0 Å². The Balaban J connectivity index is 2.70. The fourth-order valence-electron chi connectivity index (χ4n) is 2.29. The summed E-state index contributed by atoms with van der Waals surface area (Å²) in [5.41, 5.74) is 0. The molecule has 2 atom stereocenters. The number of halogens is 3. The average molecular weight is 266 g/mol. The normalized spacial score (nSPS) is 25.3. The highest BCUT2D eigenvalue weighted by Gasteiger charge is 2.37. The summed E-state index contributed by atoms with van der Waals surface area (Å²) >= 11 is 0. The molecular weight excluding hydrogens is 245 g/mol. The Hall–Kier alpha value is -0.780. The summed E-state index contributed by atoms with van der Waals surface area (Å²) in [4.78, 5) is 13.1. The summed E-state index contributed by atoms with van der Waals surface area (Å²) in [6.45, 7) is 5.37. The molecular formula is C12H21F3N2O. The summed E-state index contributed by atoms with van der Waals surface area (Å²) in [7, 11) is 0. The van der Waals surface area contributed by atoms with Crippen LogP contribution in [0.5, 0.6) is 0 Å². The van der Waals surface area contributed by atoms with Crippen molar-refractivity contribution in [1.29, 1.82) is 0 Å². The van der Waals surface area contributed by atoms with E-state index in [1.807, 2.05) is 6.92 Å². The van der Waals surface area contributed by atoms with E-state index < -0.39 is 18.8 Å². The molecule has 1 saturated heterocycles. The van der Waals surface area contributed by atoms with Crippen LogP contribution in [0.2, 0.25) is 0 Å². The van der Waals surface area contributed by atoms with E-state index in [9.17, 15) is 18.0 Å². The third-order valence-electron chi connectivity index (χ3n) is 3.18. The molecule has 1 fully saturated rings. The maximum Gasteiger partial charge on any atom is 0.406 e. The maximum atomic E-state index is 12.5. The predicted octanol–water partition coefficient (Wildman–Crippen LogP) is 2.03. The summed E-state index contributed by atoms with van der Waals surface area (Å²) in [5.74, 6) is -0.396. The van der Waals surface area contributed by atoms with Crippen molar-refractivity contribution in [2.45, 2.75) is 39.4 Å². The number of rotatable bonds is 3. The van der Waals surface area contributed by atoms with Crippen LogP contribution < -0.4 is 5.32 Å². The first-order valence-corrected chi connectivity index (χ1v) is 6.28. The fourth-order valence-corrected chi connectivity index (χ4v) is 2.29. The summed E-state index contributed by atoms with van der Waals surface area (Å²) in [5, 5.41) is 3.09. The lowest BCUT2D eigenvalue weighted by atomic mass is 9.90. The van der Waals surface area contributed by atoms with Crippen molar-refractivity contribution in [3.63, 3.8) is 0 Å². The van der Waals surface area contributed by atoms with Crippen molar-refractivity contribution in [2.75, 3.05) is 19.6 Å². The number of hydrogen-bond acceptors (Lipinski definition) is 2. The van der Waals surface area contributed by atoms with Gasteiger partial charge in [0.1, 0.15) is 6.54 Å². The number of piperidine rings is 1. The minimum Gasteiger partial charge on any atom is -0.331 e. The molecule has 1 amide bonds. The first-order valence-electron chi connectivity index (χ1n) is 6.28. The topological polar surface area (TPSA) is 32.3 Å². The zero-order chi connectivity index (χ0) is 13.9. The molecule has 0 radical (unpaired) electrons. The number of nitrogens with one attached hydrogen (secondary N) is 1. The molecule has 18 heavy (non-hydrogen) atoms. The average Bonchev–Trinajstić information content (AvgIpc) is 2.23. The molecule has 6 heteroatoms. The van der Waals surface area contributed by atoms with Crippen molar-refractivity contribution in [3.05, 3.63) is 0 Å². The fraction of sp³-hybridized carbons (Fsp3) is 0.917. The van der Waals surface area contributed by atoms with Gasteiger partial charge in [0.25, 0.3) is 0 Å². The zero-order valence-electron chi connectivity index (χ0n) is 11.0. The van der Waals surface area contributed by atoms with Gasteiger partial charge in [0.05, 0.1) is 5.92 Å². The number of nitrogens with zero attached hydrogens (tertiary/aromatic N) is 1. The van der Waals surface area contributed by atoms with Crippen LogP contribution in [-0.4, -0.2) is 42.7 Å². The van der Waals surface area contributed by atoms with E-state index in [2.05, 4.69) is 5.32 Å². The van der Waals surface area contributed by atoms with Gasteiger partial charge >= 0.3 is 6.18 Å². The molecule has 1 aliphatic heterocycles. The molecule has 0 aromatic carbocycles. The Morgan fingerprint density at radius 2 is 2.00 bits per heavy atom. The monoisotopic (exact) mass is 266 g/mol. The third kappa shape index (κ3) is 4.48. The Morgan fingerprint density at radius 3 is 2.44 bits per heavy atom. The number of alkyl halides is 3. The molecule has 1 aliphatic rings. The van der Waals surface area contributed by atoms with E-state index in [1.54, 1.807) is 13.8 Å². The molecule has 0 aromatic rings. The van der Waals surface area contributed by atoms with Gasteiger partial charge in [0.2, 0.25) is 5.91 Å². The first-order chi connectivity index (χ1) is 8.20. The largest absolute Gasteiger partial charge is 0.406 e. The highest BCUT2D eigenvalue weighted by Crippen LogP contribution is 2.23. The van der Waals surface area contributed by atoms with Crippen LogP contribution in [0, 0.1) is 11.8 Å². The minimum atomic E-state index is -4.34. The molecule has 3 nitrogen and oxygen atoms in total. The van der Waals surface area contributed by atoms with Crippen LogP contribution in [0.1, 0.15) is 27.2 Å². The summed E-state index contributed by atoms with van der Waals surface area (Å²) in [6.07, 6.45) is -3.68. The molecule has 1 rings (SSSR count). The van der Waals surface area contributed by atoms with Crippen molar-refractivity contribution >= 4 is 5.91 Å². The van der Waals surface area contributed by atoms with Crippen molar-refractivity contribution in [3.8, 4) is 0 Å². The Bertz CT molecular complexity index is 292. The standard InChI is InChI=1S/C12H21F3N2O/c1-8(2)17(7-12(13,14)15)11(18)10-4-9(3)5-16-6-10/h8-10,16H,4-7H2,1-3H3. The van der Waals surface area contributed by atoms with Crippen LogP contribution in [-0.2, 0) is 4.79 Å². The SMILES string of the molecule is CC1CNCC(C(=O)N(CC(F)(F)F)C(C)C)C1. The second-order valence-corrected chi connectivity index (χ2v) is 5.37. The van der Waals surface area contributed by atoms with Gasteiger partial charge in [-0.2, -0.15) is 13.2 Å². The van der Waals surface area contributed by atoms with Gasteiger partial charge < -0.3 is 10.2 Å². The van der Waals surface area contributed by atoms with E-state index in [-0.39, 0.29) is 11.8 Å². The van der Waals surface area contributed by atoms with Crippen molar-refractivity contribution in [1.82, 2.24) is 10.2 Å². The van der Waals surface area contributed by atoms with Crippen LogP contribution in [0.4, 0.5) is 13.2 Å². The molecule has 1 heterocycles. The van der Waals surface area contributed by atoms with Gasteiger partial charge in [-0.3, -0.25) is 4.79 Å². The van der Waals surface area contributed by atoms with Gasteiger partial charge in [-0.05, 0) is 32.7 Å². The number of amides is 1. The summed E-state index contributed by atoms with van der Waals surface area (Å²) in [6, 6.07) is -0.434. The van der Waals surface area contributed by atoms with Gasteiger partial charge in [0, 0.05) is 12.6 Å².